The van der Waals surface area contributed by atoms with Gasteiger partial charge in [-0.1, -0.05) is 18.1 Å². The van der Waals surface area contributed by atoms with Crippen molar-refractivity contribution in [2.45, 2.75) is 6.92 Å². The summed E-state index contributed by atoms with van der Waals surface area (Å²) in [5.41, 5.74) is 1.45. The first-order valence-electron chi connectivity index (χ1n) is 3.90. The Morgan fingerprint density at radius 1 is 1.62 bits per heavy atom. The fourth-order valence-electron chi connectivity index (χ4n) is 1.08. The first-order valence-corrected chi connectivity index (χ1v) is 3.90. The molecule has 0 aliphatic carbocycles. The maximum atomic E-state index is 10.6. The van der Waals surface area contributed by atoms with Crippen molar-refractivity contribution in [1.29, 1.82) is 0 Å². The van der Waals surface area contributed by atoms with Crippen LogP contribution in [0.25, 0.3) is 0 Å². The first kappa shape index (κ1) is 9.34. The van der Waals surface area contributed by atoms with Crippen molar-refractivity contribution in [1.82, 2.24) is 0 Å². The van der Waals surface area contributed by atoms with Gasteiger partial charge < -0.3 is 4.74 Å². The van der Waals surface area contributed by atoms with Gasteiger partial charge in [0.2, 0.25) is 0 Å². The van der Waals surface area contributed by atoms with Crippen molar-refractivity contribution in [3.8, 4) is 18.1 Å². The van der Waals surface area contributed by atoms with E-state index >= 15 is 0 Å². The molecule has 0 saturated carbocycles. The van der Waals surface area contributed by atoms with E-state index in [9.17, 15) is 4.79 Å². The number of aldehydes is 1. The summed E-state index contributed by atoms with van der Waals surface area (Å²) in [6.45, 7) is 2.06. The zero-order valence-corrected chi connectivity index (χ0v) is 7.41. The second-order valence-corrected chi connectivity index (χ2v) is 2.60. The number of para-hydroxylation sites is 1. The summed E-state index contributed by atoms with van der Waals surface area (Å²) in [5.74, 6) is 2.94. The lowest BCUT2D eigenvalue weighted by Gasteiger charge is -2.07. The summed E-state index contributed by atoms with van der Waals surface area (Å²) in [5, 5.41) is 0. The van der Waals surface area contributed by atoms with Gasteiger partial charge in [-0.2, -0.15) is 0 Å². The fourth-order valence-corrected chi connectivity index (χ4v) is 1.08. The Labute approximate surface area is 77.5 Å². The van der Waals surface area contributed by atoms with E-state index in [0.717, 1.165) is 11.8 Å². The van der Waals surface area contributed by atoms with Crippen LogP contribution in [0.3, 0.4) is 0 Å². The minimum absolute atomic E-state index is 0.186. The number of aryl methyl sites for hydroxylation is 1. The zero-order valence-electron chi connectivity index (χ0n) is 7.41. The Bertz CT molecular complexity index is 348. The summed E-state index contributed by atoms with van der Waals surface area (Å²) >= 11 is 0. The van der Waals surface area contributed by atoms with E-state index < -0.39 is 0 Å². The predicted molar refractivity (Wildman–Crippen MR) is 50.9 cm³/mol. The van der Waals surface area contributed by atoms with Gasteiger partial charge in [0.1, 0.15) is 12.4 Å². The van der Waals surface area contributed by atoms with Crippen LogP contribution in [0.4, 0.5) is 0 Å². The van der Waals surface area contributed by atoms with Crippen LogP contribution in [-0.2, 0) is 0 Å². The van der Waals surface area contributed by atoms with Crippen LogP contribution in [-0.4, -0.2) is 12.9 Å². The normalized spacial score (nSPS) is 8.92. The lowest BCUT2D eigenvalue weighted by atomic mass is 10.1. The van der Waals surface area contributed by atoms with Crippen molar-refractivity contribution in [3.05, 3.63) is 29.3 Å². The predicted octanol–water partition coefficient (Wildman–Crippen LogP) is 1.82. The monoisotopic (exact) mass is 174 g/mol. The number of carbonyl (C=O) groups excluding carboxylic acids is 1. The number of ether oxygens (including phenoxy) is 1. The Morgan fingerprint density at radius 3 is 3.00 bits per heavy atom. The molecule has 0 atom stereocenters. The highest BCUT2D eigenvalue weighted by molar-refractivity contribution is 5.80. The highest BCUT2D eigenvalue weighted by Crippen LogP contribution is 2.21. The molecule has 0 fully saturated rings. The minimum Gasteiger partial charge on any atom is -0.480 e. The SMILES string of the molecule is C#CCOc1c(C)cccc1C=O. The highest BCUT2D eigenvalue weighted by atomic mass is 16.5. The largest absolute Gasteiger partial charge is 0.480 e. The van der Waals surface area contributed by atoms with Crippen LogP contribution in [0, 0.1) is 19.3 Å². The molecule has 2 heteroatoms. The topological polar surface area (TPSA) is 26.3 Å². The van der Waals surface area contributed by atoms with Gasteiger partial charge in [-0.25, -0.2) is 0 Å². The average molecular weight is 174 g/mol. The third-order valence-electron chi connectivity index (χ3n) is 1.67. The number of terminal acetylenes is 1. The van der Waals surface area contributed by atoms with Gasteiger partial charge in [-0.05, 0) is 18.6 Å². The maximum Gasteiger partial charge on any atom is 0.153 e. The van der Waals surface area contributed by atoms with E-state index in [0.29, 0.717) is 11.3 Å². The average Bonchev–Trinajstić information content (AvgIpc) is 2.15. The van der Waals surface area contributed by atoms with Crippen LogP contribution in [0.2, 0.25) is 0 Å². The summed E-state index contributed by atoms with van der Waals surface area (Å²) < 4.78 is 5.24. The number of carbonyl (C=O) groups is 1. The van der Waals surface area contributed by atoms with E-state index in [1.165, 1.54) is 0 Å². The number of rotatable bonds is 3. The molecule has 2 nitrogen and oxygen atoms in total. The van der Waals surface area contributed by atoms with Crippen molar-refractivity contribution < 1.29 is 9.53 Å². The number of benzene rings is 1. The van der Waals surface area contributed by atoms with Gasteiger partial charge in [0, 0.05) is 0 Å². The summed E-state index contributed by atoms with van der Waals surface area (Å²) in [7, 11) is 0. The Hall–Kier alpha value is -1.75. The van der Waals surface area contributed by atoms with E-state index in [1.54, 1.807) is 6.07 Å². The van der Waals surface area contributed by atoms with Crippen LogP contribution < -0.4 is 4.74 Å². The van der Waals surface area contributed by atoms with Crippen LogP contribution in [0.15, 0.2) is 18.2 Å². The third-order valence-corrected chi connectivity index (χ3v) is 1.67. The molecular weight excluding hydrogens is 164 g/mol. The van der Waals surface area contributed by atoms with Crippen LogP contribution >= 0.6 is 0 Å². The maximum absolute atomic E-state index is 10.6. The van der Waals surface area contributed by atoms with E-state index in [4.69, 9.17) is 11.2 Å². The Balaban J connectivity index is 3.01. The molecule has 1 rings (SSSR count). The second kappa shape index (κ2) is 4.32. The molecule has 0 N–H and O–H groups in total. The molecule has 0 aliphatic rings. The van der Waals surface area contributed by atoms with Gasteiger partial charge in [-0.15, -0.1) is 6.42 Å². The molecule has 1 aromatic rings. The molecule has 0 bridgehead atoms. The Morgan fingerprint density at radius 2 is 2.38 bits per heavy atom. The second-order valence-electron chi connectivity index (χ2n) is 2.60. The molecule has 66 valence electrons. The number of hydrogen-bond acceptors (Lipinski definition) is 2. The number of hydrogen-bond donors (Lipinski definition) is 0. The van der Waals surface area contributed by atoms with Gasteiger partial charge in [0.15, 0.2) is 6.29 Å². The fraction of sp³-hybridized carbons (Fsp3) is 0.182. The summed E-state index contributed by atoms with van der Waals surface area (Å²) in [6, 6.07) is 5.38. The third kappa shape index (κ3) is 2.09. The van der Waals surface area contributed by atoms with Crippen molar-refractivity contribution >= 4 is 6.29 Å². The summed E-state index contributed by atoms with van der Waals surface area (Å²) in [4.78, 5) is 10.6. The molecule has 0 heterocycles. The van der Waals surface area contributed by atoms with Gasteiger partial charge in [-0.3, -0.25) is 4.79 Å². The molecule has 0 amide bonds. The standard InChI is InChI=1S/C11H10O2/c1-3-7-13-11-9(2)5-4-6-10(11)8-12/h1,4-6,8H,7H2,2H3. The van der Waals surface area contributed by atoms with Gasteiger partial charge in [0.25, 0.3) is 0 Å². The molecule has 1 aromatic carbocycles. The minimum atomic E-state index is 0.186. The lowest BCUT2D eigenvalue weighted by molar-refractivity contribution is 0.112. The van der Waals surface area contributed by atoms with Crippen molar-refractivity contribution in [3.63, 3.8) is 0 Å². The molecule has 0 unspecified atom stereocenters. The first-order chi connectivity index (χ1) is 6.29. The summed E-state index contributed by atoms with van der Waals surface area (Å²) in [6.07, 6.45) is 5.82. The van der Waals surface area contributed by atoms with Gasteiger partial charge >= 0.3 is 0 Å². The highest BCUT2D eigenvalue weighted by Gasteiger charge is 2.04. The van der Waals surface area contributed by atoms with E-state index in [-0.39, 0.29) is 6.61 Å². The van der Waals surface area contributed by atoms with Gasteiger partial charge in [0.05, 0.1) is 5.56 Å². The quantitative estimate of drug-likeness (QED) is 0.516. The van der Waals surface area contributed by atoms with E-state index in [1.807, 2.05) is 19.1 Å². The molecule has 13 heavy (non-hydrogen) atoms. The molecule has 0 saturated heterocycles. The Kier molecular flexibility index (Phi) is 3.10. The lowest BCUT2D eigenvalue weighted by Crippen LogP contribution is -1.99. The molecule has 0 aromatic heterocycles. The molecular formula is C11H10O2. The zero-order chi connectivity index (χ0) is 9.68. The van der Waals surface area contributed by atoms with Crippen LogP contribution in [0.5, 0.6) is 5.75 Å². The molecule has 0 aliphatic heterocycles. The smallest absolute Gasteiger partial charge is 0.153 e. The van der Waals surface area contributed by atoms with Crippen molar-refractivity contribution in [2.75, 3.05) is 6.61 Å². The van der Waals surface area contributed by atoms with Crippen LogP contribution in [0.1, 0.15) is 15.9 Å². The molecule has 0 spiro atoms. The van der Waals surface area contributed by atoms with E-state index in [2.05, 4.69) is 5.92 Å². The van der Waals surface area contributed by atoms with Crippen molar-refractivity contribution in [2.24, 2.45) is 0 Å². The molecule has 0 radical (unpaired) electrons.